The molecule has 3 heteroatoms. The molecule has 0 aliphatic rings. The van der Waals surface area contributed by atoms with E-state index in [4.69, 9.17) is 0 Å². The average Bonchev–Trinajstić information content (AvgIpc) is 2.35. The Morgan fingerprint density at radius 3 is 2.82 bits per heavy atom. The zero-order valence-electron chi connectivity index (χ0n) is 6.55. The van der Waals surface area contributed by atoms with Gasteiger partial charge in [0.05, 0.1) is 16.9 Å². The lowest BCUT2D eigenvalue weighted by molar-refractivity contribution is 1.06. The summed E-state index contributed by atoms with van der Waals surface area (Å²) in [7, 11) is 0. The molecule has 2 rings (SSSR count). The molecule has 11 heavy (non-hydrogen) atoms. The predicted molar refractivity (Wildman–Crippen MR) is 43.4 cm³/mol. The van der Waals surface area contributed by atoms with Crippen LogP contribution in [0.5, 0.6) is 0 Å². The van der Waals surface area contributed by atoms with Crippen molar-refractivity contribution in [1.82, 2.24) is 15.2 Å². The molecule has 0 aliphatic heterocycles. The standard InChI is InChI=1S/C8H9N3/c1-5-7-3-4-9-6(2)8(7)11-10-5/h3-4H,1-2H3,(H,10,11). The average molecular weight is 147 g/mol. The molecule has 0 saturated carbocycles. The highest BCUT2D eigenvalue weighted by Crippen LogP contribution is 2.15. The largest absolute Gasteiger partial charge is 0.276 e. The molecule has 1 N–H and O–H groups in total. The zero-order chi connectivity index (χ0) is 7.84. The van der Waals surface area contributed by atoms with E-state index in [0.29, 0.717) is 0 Å². The van der Waals surface area contributed by atoms with Crippen LogP contribution in [0.1, 0.15) is 11.4 Å². The molecule has 56 valence electrons. The lowest BCUT2D eigenvalue weighted by Crippen LogP contribution is -1.80. The second-order valence-corrected chi connectivity index (χ2v) is 2.63. The lowest BCUT2D eigenvalue weighted by atomic mass is 10.2. The van der Waals surface area contributed by atoms with Gasteiger partial charge in [-0.1, -0.05) is 0 Å². The van der Waals surface area contributed by atoms with Gasteiger partial charge in [-0.3, -0.25) is 10.1 Å². The van der Waals surface area contributed by atoms with Crippen molar-refractivity contribution >= 4 is 10.9 Å². The summed E-state index contributed by atoms with van der Waals surface area (Å²) in [4.78, 5) is 4.15. The van der Waals surface area contributed by atoms with Crippen LogP contribution in [0.4, 0.5) is 0 Å². The first-order valence-electron chi connectivity index (χ1n) is 3.55. The monoisotopic (exact) mass is 147 g/mol. The molecule has 2 aromatic heterocycles. The molecule has 0 bridgehead atoms. The number of hydrogen-bond donors (Lipinski definition) is 1. The van der Waals surface area contributed by atoms with Gasteiger partial charge >= 0.3 is 0 Å². The molecule has 0 aliphatic carbocycles. The highest BCUT2D eigenvalue weighted by molar-refractivity contribution is 5.82. The molecule has 0 atom stereocenters. The Labute approximate surface area is 64.5 Å². The van der Waals surface area contributed by atoms with Gasteiger partial charge in [0.1, 0.15) is 0 Å². The molecular formula is C8H9N3. The summed E-state index contributed by atoms with van der Waals surface area (Å²) in [6, 6.07) is 1.97. The number of aromatic amines is 1. The molecule has 0 radical (unpaired) electrons. The van der Waals surface area contributed by atoms with Crippen LogP contribution >= 0.6 is 0 Å². The maximum Gasteiger partial charge on any atom is 0.0865 e. The van der Waals surface area contributed by atoms with E-state index in [1.54, 1.807) is 6.20 Å². The summed E-state index contributed by atoms with van der Waals surface area (Å²) in [5.41, 5.74) is 3.08. The van der Waals surface area contributed by atoms with E-state index in [-0.39, 0.29) is 0 Å². The summed E-state index contributed by atoms with van der Waals surface area (Å²) in [5.74, 6) is 0. The molecule has 0 saturated heterocycles. The predicted octanol–water partition coefficient (Wildman–Crippen LogP) is 1.57. The van der Waals surface area contributed by atoms with Crippen molar-refractivity contribution in [3.05, 3.63) is 23.7 Å². The topological polar surface area (TPSA) is 41.6 Å². The summed E-state index contributed by atoms with van der Waals surface area (Å²) in [6.07, 6.45) is 1.81. The van der Waals surface area contributed by atoms with E-state index in [1.807, 2.05) is 19.9 Å². The van der Waals surface area contributed by atoms with Gasteiger partial charge in [-0.15, -0.1) is 0 Å². The second kappa shape index (κ2) is 2.05. The number of aryl methyl sites for hydroxylation is 2. The summed E-state index contributed by atoms with van der Waals surface area (Å²) >= 11 is 0. The fourth-order valence-electron chi connectivity index (χ4n) is 1.21. The summed E-state index contributed by atoms with van der Waals surface area (Å²) < 4.78 is 0. The Morgan fingerprint density at radius 2 is 2.09 bits per heavy atom. The van der Waals surface area contributed by atoms with Gasteiger partial charge in [0.2, 0.25) is 0 Å². The smallest absolute Gasteiger partial charge is 0.0865 e. The SMILES string of the molecule is Cc1n[nH]c2c(C)nccc12. The van der Waals surface area contributed by atoms with Crippen LogP contribution in [0, 0.1) is 13.8 Å². The first kappa shape index (κ1) is 6.34. The summed E-state index contributed by atoms with van der Waals surface area (Å²) in [5, 5.41) is 8.20. The third-order valence-corrected chi connectivity index (χ3v) is 1.87. The first-order valence-corrected chi connectivity index (χ1v) is 3.55. The zero-order valence-corrected chi connectivity index (χ0v) is 6.55. The number of fused-ring (bicyclic) bond motifs is 1. The Balaban J connectivity index is 2.94. The highest BCUT2D eigenvalue weighted by atomic mass is 15.1. The second-order valence-electron chi connectivity index (χ2n) is 2.63. The van der Waals surface area contributed by atoms with Crippen LogP contribution in [-0.2, 0) is 0 Å². The van der Waals surface area contributed by atoms with E-state index in [9.17, 15) is 0 Å². The summed E-state index contributed by atoms with van der Waals surface area (Å²) in [6.45, 7) is 3.96. The fourth-order valence-corrected chi connectivity index (χ4v) is 1.21. The minimum Gasteiger partial charge on any atom is -0.276 e. The maximum atomic E-state index is 4.15. The van der Waals surface area contributed by atoms with Crippen LogP contribution < -0.4 is 0 Å². The van der Waals surface area contributed by atoms with Gasteiger partial charge in [-0.25, -0.2) is 0 Å². The molecule has 2 aromatic rings. The Morgan fingerprint density at radius 1 is 1.27 bits per heavy atom. The van der Waals surface area contributed by atoms with Crippen molar-refractivity contribution in [2.75, 3.05) is 0 Å². The van der Waals surface area contributed by atoms with Crippen molar-refractivity contribution in [1.29, 1.82) is 0 Å². The van der Waals surface area contributed by atoms with Gasteiger partial charge in [-0.05, 0) is 19.9 Å². The van der Waals surface area contributed by atoms with E-state index in [2.05, 4.69) is 15.2 Å². The number of aromatic nitrogens is 3. The lowest BCUT2D eigenvalue weighted by Gasteiger charge is -1.91. The van der Waals surface area contributed by atoms with E-state index in [1.165, 1.54) is 0 Å². The maximum absolute atomic E-state index is 4.15. The fraction of sp³-hybridized carbons (Fsp3) is 0.250. The Bertz CT molecular complexity index is 389. The van der Waals surface area contributed by atoms with E-state index >= 15 is 0 Å². The van der Waals surface area contributed by atoms with Crippen LogP contribution in [0.2, 0.25) is 0 Å². The molecular weight excluding hydrogens is 138 g/mol. The highest BCUT2D eigenvalue weighted by Gasteiger charge is 2.01. The molecule has 0 fully saturated rings. The molecule has 0 unspecified atom stereocenters. The number of nitrogens with one attached hydrogen (secondary N) is 1. The molecule has 0 aromatic carbocycles. The number of H-pyrrole nitrogens is 1. The first-order chi connectivity index (χ1) is 5.29. The minimum absolute atomic E-state index is 1.00. The molecule has 2 heterocycles. The van der Waals surface area contributed by atoms with Crippen molar-refractivity contribution in [2.45, 2.75) is 13.8 Å². The normalized spacial score (nSPS) is 10.7. The number of nitrogens with zero attached hydrogens (tertiary/aromatic N) is 2. The minimum atomic E-state index is 1.00. The van der Waals surface area contributed by atoms with Gasteiger partial charge < -0.3 is 0 Å². The Hall–Kier alpha value is -1.38. The van der Waals surface area contributed by atoms with Crippen LogP contribution in [0.25, 0.3) is 10.9 Å². The molecule has 3 nitrogen and oxygen atoms in total. The van der Waals surface area contributed by atoms with Crippen molar-refractivity contribution in [3.8, 4) is 0 Å². The van der Waals surface area contributed by atoms with Crippen LogP contribution in [0.15, 0.2) is 12.3 Å². The molecule has 0 amide bonds. The van der Waals surface area contributed by atoms with Gasteiger partial charge in [0, 0.05) is 11.6 Å². The number of rotatable bonds is 0. The Kier molecular flexibility index (Phi) is 1.18. The number of hydrogen-bond acceptors (Lipinski definition) is 2. The third-order valence-electron chi connectivity index (χ3n) is 1.87. The molecule has 0 spiro atoms. The van der Waals surface area contributed by atoms with Crippen LogP contribution in [0.3, 0.4) is 0 Å². The van der Waals surface area contributed by atoms with E-state index < -0.39 is 0 Å². The quantitative estimate of drug-likeness (QED) is 0.614. The van der Waals surface area contributed by atoms with E-state index in [0.717, 1.165) is 22.3 Å². The number of pyridine rings is 1. The van der Waals surface area contributed by atoms with Gasteiger partial charge in [0.15, 0.2) is 0 Å². The van der Waals surface area contributed by atoms with Crippen molar-refractivity contribution in [2.24, 2.45) is 0 Å². The van der Waals surface area contributed by atoms with Crippen molar-refractivity contribution in [3.63, 3.8) is 0 Å². The third kappa shape index (κ3) is 0.808. The van der Waals surface area contributed by atoms with Crippen molar-refractivity contribution < 1.29 is 0 Å². The van der Waals surface area contributed by atoms with Gasteiger partial charge in [-0.2, -0.15) is 5.10 Å². The van der Waals surface area contributed by atoms with Gasteiger partial charge in [0.25, 0.3) is 0 Å². The van der Waals surface area contributed by atoms with Crippen LogP contribution in [-0.4, -0.2) is 15.2 Å².